The molecule has 0 amide bonds. The standard InChI is InChI=1S/C15H11BrClNO/c1-9(16)11-4-7-13-14(8-11)19-18-15(13)10-2-5-12(17)6-3-10/h2-9H,1H3. The number of nitrogens with zero attached hydrogens (tertiary/aromatic N) is 1. The summed E-state index contributed by atoms with van der Waals surface area (Å²) in [4.78, 5) is 0.293. The molecule has 0 N–H and O–H groups in total. The first kappa shape index (κ1) is 12.7. The molecule has 1 atom stereocenters. The van der Waals surface area contributed by atoms with Crippen molar-refractivity contribution in [1.29, 1.82) is 0 Å². The molecule has 0 aliphatic heterocycles. The molecule has 1 aromatic heterocycles. The maximum atomic E-state index is 5.90. The van der Waals surface area contributed by atoms with Gasteiger partial charge in [-0.25, -0.2) is 0 Å². The first-order chi connectivity index (χ1) is 9.15. The number of alkyl halides is 1. The fourth-order valence-corrected chi connectivity index (χ4v) is 2.43. The van der Waals surface area contributed by atoms with Gasteiger partial charge in [-0.3, -0.25) is 0 Å². The van der Waals surface area contributed by atoms with Crippen molar-refractivity contribution in [2.75, 3.05) is 0 Å². The Labute approximate surface area is 124 Å². The molecule has 0 bridgehead atoms. The molecule has 19 heavy (non-hydrogen) atoms. The van der Waals surface area contributed by atoms with E-state index in [-0.39, 0.29) is 0 Å². The highest BCUT2D eigenvalue weighted by molar-refractivity contribution is 9.09. The van der Waals surface area contributed by atoms with Crippen LogP contribution in [0.2, 0.25) is 5.02 Å². The largest absolute Gasteiger partial charge is 0.356 e. The summed E-state index contributed by atoms with van der Waals surface area (Å²) in [6, 6.07) is 13.7. The van der Waals surface area contributed by atoms with E-state index in [1.807, 2.05) is 36.4 Å². The van der Waals surface area contributed by atoms with Gasteiger partial charge in [0.15, 0.2) is 5.58 Å². The number of fused-ring (bicyclic) bond motifs is 1. The molecule has 0 fully saturated rings. The average molecular weight is 337 g/mol. The molecule has 2 aromatic carbocycles. The van der Waals surface area contributed by atoms with Gasteiger partial charge in [-0.1, -0.05) is 50.9 Å². The van der Waals surface area contributed by atoms with E-state index >= 15 is 0 Å². The molecule has 3 rings (SSSR count). The first-order valence-corrected chi connectivity index (χ1v) is 7.24. The smallest absolute Gasteiger partial charge is 0.167 e. The fraction of sp³-hybridized carbons (Fsp3) is 0.133. The summed E-state index contributed by atoms with van der Waals surface area (Å²) in [5, 5.41) is 5.89. The molecule has 0 aliphatic rings. The van der Waals surface area contributed by atoms with Crippen LogP contribution in [-0.2, 0) is 0 Å². The van der Waals surface area contributed by atoms with Crippen LogP contribution in [-0.4, -0.2) is 5.16 Å². The minimum Gasteiger partial charge on any atom is -0.356 e. The zero-order valence-corrected chi connectivity index (χ0v) is 12.6. The maximum absolute atomic E-state index is 5.90. The molecule has 0 radical (unpaired) electrons. The maximum Gasteiger partial charge on any atom is 0.167 e. The summed E-state index contributed by atoms with van der Waals surface area (Å²) in [7, 11) is 0. The van der Waals surface area contributed by atoms with Crippen LogP contribution in [0.25, 0.3) is 22.2 Å². The third-order valence-electron chi connectivity index (χ3n) is 3.07. The van der Waals surface area contributed by atoms with E-state index in [0.29, 0.717) is 9.85 Å². The number of rotatable bonds is 2. The lowest BCUT2D eigenvalue weighted by molar-refractivity contribution is 0.459. The molecule has 0 spiro atoms. The number of benzene rings is 2. The van der Waals surface area contributed by atoms with Crippen LogP contribution < -0.4 is 0 Å². The second-order valence-electron chi connectivity index (χ2n) is 4.41. The molecule has 1 heterocycles. The Bertz CT molecular complexity index is 719. The fourth-order valence-electron chi connectivity index (χ4n) is 2.02. The minimum absolute atomic E-state index is 0.293. The predicted molar refractivity (Wildman–Crippen MR) is 81.8 cm³/mol. The highest BCUT2D eigenvalue weighted by Crippen LogP contribution is 2.31. The zero-order valence-electron chi connectivity index (χ0n) is 10.2. The van der Waals surface area contributed by atoms with Crippen LogP contribution in [0.15, 0.2) is 47.0 Å². The van der Waals surface area contributed by atoms with E-state index in [1.54, 1.807) is 0 Å². The molecule has 1 unspecified atom stereocenters. The van der Waals surface area contributed by atoms with Crippen molar-refractivity contribution in [2.45, 2.75) is 11.8 Å². The third kappa shape index (κ3) is 2.40. The van der Waals surface area contributed by atoms with E-state index in [2.05, 4.69) is 34.1 Å². The van der Waals surface area contributed by atoms with Gasteiger partial charge in [0.25, 0.3) is 0 Å². The van der Waals surface area contributed by atoms with Crippen molar-refractivity contribution < 1.29 is 4.52 Å². The van der Waals surface area contributed by atoms with E-state index in [9.17, 15) is 0 Å². The number of hydrogen-bond donors (Lipinski definition) is 0. The van der Waals surface area contributed by atoms with Crippen LogP contribution in [0.3, 0.4) is 0 Å². The summed E-state index contributed by atoms with van der Waals surface area (Å²) in [5.74, 6) is 0. The molecule has 0 aliphatic carbocycles. The number of halogens is 2. The summed E-state index contributed by atoms with van der Waals surface area (Å²) in [5.41, 5.74) is 3.82. The Morgan fingerprint density at radius 3 is 2.58 bits per heavy atom. The summed E-state index contributed by atoms with van der Waals surface area (Å²) >= 11 is 9.45. The van der Waals surface area contributed by atoms with Crippen molar-refractivity contribution in [1.82, 2.24) is 5.16 Å². The van der Waals surface area contributed by atoms with Gasteiger partial charge in [-0.15, -0.1) is 0 Å². The van der Waals surface area contributed by atoms with Gasteiger partial charge in [0.2, 0.25) is 0 Å². The molecular weight excluding hydrogens is 326 g/mol. The Morgan fingerprint density at radius 1 is 1.16 bits per heavy atom. The Balaban J connectivity index is 2.13. The topological polar surface area (TPSA) is 26.0 Å². The lowest BCUT2D eigenvalue weighted by Crippen LogP contribution is -1.82. The van der Waals surface area contributed by atoms with Gasteiger partial charge in [-0.05, 0) is 36.8 Å². The molecule has 3 aromatic rings. The molecule has 0 saturated carbocycles. The SMILES string of the molecule is CC(Br)c1ccc2c(-c3ccc(Cl)cc3)noc2c1. The van der Waals surface area contributed by atoms with Crippen molar-refractivity contribution in [3.05, 3.63) is 53.1 Å². The third-order valence-corrected chi connectivity index (χ3v) is 3.85. The normalized spacial score (nSPS) is 12.8. The van der Waals surface area contributed by atoms with Crippen LogP contribution in [0.4, 0.5) is 0 Å². The number of aromatic nitrogens is 1. The van der Waals surface area contributed by atoms with Gasteiger partial charge >= 0.3 is 0 Å². The van der Waals surface area contributed by atoms with Crippen molar-refractivity contribution in [3.63, 3.8) is 0 Å². The average Bonchev–Trinajstić information content (AvgIpc) is 2.82. The van der Waals surface area contributed by atoms with Gasteiger partial charge < -0.3 is 4.52 Å². The van der Waals surface area contributed by atoms with Gasteiger partial charge in [-0.2, -0.15) is 0 Å². The molecule has 2 nitrogen and oxygen atoms in total. The Hall–Kier alpha value is -1.32. The van der Waals surface area contributed by atoms with Crippen molar-refractivity contribution >= 4 is 38.5 Å². The highest BCUT2D eigenvalue weighted by atomic mass is 79.9. The number of hydrogen-bond acceptors (Lipinski definition) is 2. The Morgan fingerprint density at radius 2 is 1.89 bits per heavy atom. The van der Waals surface area contributed by atoms with E-state index < -0.39 is 0 Å². The van der Waals surface area contributed by atoms with E-state index in [4.69, 9.17) is 16.1 Å². The van der Waals surface area contributed by atoms with Crippen LogP contribution in [0.5, 0.6) is 0 Å². The first-order valence-electron chi connectivity index (χ1n) is 5.94. The van der Waals surface area contributed by atoms with Crippen molar-refractivity contribution in [3.8, 4) is 11.3 Å². The quantitative estimate of drug-likeness (QED) is 0.569. The zero-order chi connectivity index (χ0) is 13.4. The monoisotopic (exact) mass is 335 g/mol. The summed E-state index contributed by atoms with van der Waals surface area (Å²) < 4.78 is 5.42. The summed E-state index contributed by atoms with van der Waals surface area (Å²) in [6.07, 6.45) is 0. The Kier molecular flexibility index (Phi) is 3.33. The highest BCUT2D eigenvalue weighted by Gasteiger charge is 2.12. The summed E-state index contributed by atoms with van der Waals surface area (Å²) in [6.45, 7) is 2.08. The van der Waals surface area contributed by atoms with Crippen molar-refractivity contribution in [2.24, 2.45) is 0 Å². The second kappa shape index (κ2) is 4.99. The van der Waals surface area contributed by atoms with Gasteiger partial charge in [0, 0.05) is 20.8 Å². The molecular formula is C15H11BrClNO. The van der Waals surface area contributed by atoms with Crippen LogP contribution >= 0.6 is 27.5 Å². The lowest BCUT2D eigenvalue weighted by atomic mass is 10.1. The van der Waals surface area contributed by atoms with Gasteiger partial charge in [0.05, 0.1) is 0 Å². The predicted octanol–water partition coefficient (Wildman–Crippen LogP) is 5.60. The van der Waals surface area contributed by atoms with E-state index in [1.165, 1.54) is 5.56 Å². The molecule has 96 valence electrons. The molecule has 4 heteroatoms. The second-order valence-corrected chi connectivity index (χ2v) is 6.22. The van der Waals surface area contributed by atoms with Gasteiger partial charge in [0.1, 0.15) is 5.69 Å². The minimum atomic E-state index is 0.293. The van der Waals surface area contributed by atoms with E-state index in [0.717, 1.165) is 22.2 Å². The van der Waals surface area contributed by atoms with Crippen LogP contribution in [0, 0.1) is 0 Å². The van der Waals surface area contributed by atoms with Crippen LogP contribution in [0.1, 0.15) is 17.3 Å². The lowest BCUT2D eigenvalue weighted by Gasteiger charge is -2.02. The molecule has 0 saturated heterocycles.